The lowest BCUT2D eigenvalue weighted by Gasteiger charge is -2.18. The largest absolute Gasteiger partial charge is 0.493 e. The summed E-state index contributed by atoms with van der Waals surface area (Å²) in [7, 11) is 2.88. The number of benzene rings is 2. The highest BCUT2D eigenvalue weighted by Crippen LogP contribution is 2.31. The zero-order chi connectivity index (χ0) is 21.4. The lowest BCUT2D eigenvalue weighted by molar-refractivity contribution is -0.131. The summed E-state index contributed by atoms with van der Waals surface area (Å²) in [5, 5.41) is 10.2. The van der Waals surface area contributed by atoms with Crippen LogP contribution in [0.4, 0.5) is 0 Å². The van der Waals surface area contributed by atoms with Gasteiger partial charge in [0, 0.05) is 19.2 Å². The first-order chi connectivity index (χ1) is 13.8. The Labute approximate surface area is 168 Å². The molecule has 9 heteroatoms. The number of ether oxygens (including phenoxy) is 3. The van der Waals surface area contributed by atoms with Crippen molar-refractivity contribution in [2.75, 3.05) is 20.8 Å². The molecule has 2 aromatic carbocycles. The van der Waals surface area contributed by atoms with Gasteiger partial charge in [0.25, 0.3) is 11.8 Å². The molecule has 29 heavy (non-hydrogen) atoms. The Hall–Kier alpha value is -3.59. The van der Waals surface area contributed by atoms with Gasteiger partial charge in [0.2, 0.25) is 0 Å². The summed E-state index contributed by atoms with van der Waals surface area (Å²) in [6.07, 6.45) is -0.895. The molecule has 0 saturated heterocycles. The van der Waals surface area contributed by atoms with Crippen molar-refractivity contribution >= 4 is 17.6 Å². The minimum atomic E-state index is -0.895. The number of amides is 2. The third-order valence-corrected chi connectivity index (χ3v) is 4.07. The maximum absolute atomic E-state index is 12.6. The third kappa shape index (κ3) is 5.94. The highest BCUT2D eigenvalue weighted by Gasteiger charge is 2.22. The van der Waals surface area contributed by atoms with Crippen LogP contribution >= 0.6 is 0 Å². The van der Waals surface area contributed by atoms with Gasteiger partial charge >= 0.3 is 0 Å². The number of amidine groups is 1. The number of nitrogens with two attached hydrogens (primary N) is 2. The van der Waals surface area contributed by atoms with Gasteiger partial charge in [0.15, 0.2) is 24.2 Å². The average Bonchev–Trinajstić information content (AvgIpc) is 2.71. The van der Waals surface area contributed by atoms with Crippen LogP contribution in [0.1, 0.15) is 22.8 Å². The molecular formula is C20H24N4O5. The van der Waals surface area contributed by atoms with Crippen molar-refractivity contribution in [3.05, 3.63) is 59.2 Å². The van der Waals surface area contributed by atoms with E-state index in [1.165, 1.54) is 14.2 Å². The number of nitrogen functional groups attached to an aromatic ring is 1. The Bertz CT molecular complexity index is 883. The molecule has 6 N–H and O–H groups in total. The molecular weight excluding hydrogens is 376 g/mol. The zero-order valence-corrected chi connectivity index (χ0v) is 16.2. The predicted octanol–water partition coefficient (Wildman–Crippen LogP) is 0.847. The molecule has 2 aromatic rings. The molecule has 1 atom stereocenters. The molecule has 2 rings (SSSR count). The lowest BCUT2D eigenvalue weighted by Crippen LogP contribution is -2.30. The molecule has 0 aliphatic heterocycles. The number of primary amides is 1. The first-order valence-electron chi connectivity index (χ1n) is 8.68. The van der Waals surface area contributed by atoms with Crippen LogP contribution in [0.15, 0.2) is 42.5 Å². The molecule has 0 bridgehead atoms. The minimum absolute atomic E-state index is 0.0195. The Balaban J connectivity index is 2.10. The average molecular weight is 400 g/mol. The normalized spacial score (nSPS) is 11.4. The number of hydrogen-bond acceptors (Lipinski definition) is 6. The van der Waals surface area contributed by atoms with E-state index >= 15 is 0 Å². The molecule has 9 nitrogen and oxygen atoms in total. The quantitative estimate of drug-likeness (QED) is 0.343. The van der Waals surface area contributed by atoms with E-state index < -0.39 is 12.0 Å². The zero-order valence-electron chi connectivity index (χ0n) is 16.2. The van der Waals surface area contributed by atoms with E-state index in [-0.39, 0.29) is 30.6 Å². The Morgan fingerprint density at radius 2 is 1.76 bits per heavy atom. The van der Waals surface area contributed by atoms with Gasteiger partial charge in [-0.2, -0.15) is 0 Å². The Morgan fingerprint density at radius 3 is 2.31 bits per heavy atom. The molecule has 0 spiro atoms. The van der Waals surface area contributed by atoms with Crippen LogP contribution in [-0.2, 0) is 20.9 Å². The molecule has 0 aliphatic carbocycles. The Morgan fingerprint density at radius 1 is 1.07 bits per heavy atom. The fourth-order valence-electron chi connectivity index (χ4n) is 2.60. The van der Waals surface area contributed by atoms with Crippen LogP contribution in [0.5, 0.6) is 11.5 Å². The number of nitrogens with one attached hydrogen (secondary N) is 2. The van der Waals surface area contributed by atoms with Crippen molar-refractivity contribution < 1.29 is 23.8 Å². The van der Waals surface area contributed by atoms with E-state index in [9.17, 15) is 9.59 Å². The second-order valence-electron chi connectivity index (χ2n) is 6.11. The van der Waals surface area contributed by atoms with Gasteiger partial charge < -0.3 is 31.0 Å². The minimum Gasteiger partial charge on any atom is -0.493 e. The van der Waals surface area contributed by atoms with Gasteiger partial charge in [-0.1, -0.05) is 30.3 Å². The number of hydrogen-bond donors (Lipinski definition) is 4. The first kappa shape index (κ1) is 21.7. The number of rotatable bonds is 10. The summed E-state index contributed by atoms with van der Waals surface area (Å²) in [6.45, 7) is -0.0437. The second-order valence-corrected chi connectivity index (χ2v) is 6.11. The summed E-state index contributed by atoms with van der Waals surface area (Å²) in [6, 6.07) is 11.8. The maximum atomic E-state index is 12.6. The molecule has 0 heterocycles. The standard InChI is InChI=1S/C20H24N4O5/c1-27-15-8-7-14(9-16(15)29-11-17(21)25)18(28-2)20(26)24-10-12-3-5-13(6-4-12)19(22)23/h3-9,18H,10-11H2,1-2H3,(H2,21,25)(H3,22,23)(H,24,26). The summed E-state index contributed by atoms with van der Waals surface area (Å²) >= 11 is 0. The molecule has 154 valence electrons. The number of carbonyl (C=O) groups excluding carboxylic acids is 2. The summed E-state index contributed by atoms with van der Waals surface area (Å²) in [5.74, 6) is -0.327. The highest BCUT2D eigenvalue weighted by molar-refractivity contribution is 5.94. The highest BCUT2D eigenvalue weighted by atomic mass is 16.5. The first-order valence-corrected chi connectivity index (χ1v) is 8.68. The van der Waals surface area contributed by atoms with E-state index in [2.05, 4.69) is 5.32 Å². The van der Waals surface area contributed by atoms with Crippen molar-refractivity contribution in [1.82, 2.24) is 5.32 Å². The van der Waals surface area contributed by atoms with Crippen LogP contribution in [0.2, 0.25) is 0 Å². The molecule has 0 aromatic heterocycles. The van der Waals surface area contributed by atoms with E-state index in [1.54, 1.807) is 42.5 Å². The second kappa shape index (κ2) is 10.1. The van der Waals surface area contributed by atoms with E-state index in [0.29, 0.717) is 16.9 Å². The lowest BCUT2D eigenvalue weighted by atomic mass is 10.1. The Kier molecular flexibility index (Phi) is 7.55. The van der Waals surface area contributed by atoms with Crippen molar-refractivity contribution in [3.63, 3.8) is 0 Å². The SMILES string of the molecule is COc1ccc(C(OC)C(=O)NCc2ccc(C(=N)N)cc2)cc1OCC(N)=O. The van der Waals surface area contributed by atoms with Gasteiger partial charge in [-0.05, 0) is 23.3 Å². The molecule has 0 fully saturated rings. The van der Waals surface area contributed by atoms with Crippen molar-refractivity contribution in [3.8, 4) is 11.5 Å². The van der Waals surface area contributed by atoms with Crippen LogP contribution in [0, 0.1) is 5.41 Å². The third-order valence-electron chi connectivity index (χ3n) is 4.07. The summed E-state index contributed by atoms with van der Waals surface area (Å²) < 4.78 is 15.9. The number of carbonyl (C=O) groups is 2. The maximum Gasteiger partial charge on any atom is 0.255 e. The molecule has 0 radical (unpaired) electrons. The summed E-state index contributed by atoms with van der Waals surface area (Å²) in [5.41, 5.74) is 12.5. The van der Waals surface area contributed by atoms with Crippen LogP contribution in [0.25, 0.3) is 0 Å². The van der Waals surface area contributed by atoms with E-state index in [1.807, 2.05) is 0 Å². The van der Waals surface area contributed by atoms with E-state index in [0.717, 1.165) is 5.56 Å². The van der Waals surface area contributed by atoms with Gasteiger partial charge in [-0.15, -0.1) is 0 Å². The van der Waals surface area contributed by atoms with Crippen molar-refractivity contribution in [1.29, 1.82) is 5.41 Å². The van der Waals surface area contributed by atoms with Gasteiger partial charge in [-0.3, -0.25) is 15.0 Å². The predicted molar refractivity (Wildman–Crippen MR) is 107 cm³/mol. The fourth-order valence-corrected chi connectivity index (χ4v) is 2.60. The van der Waals surface area contributed by atoms with Gasteiger partial charge in [0.1, 0.15) is 5.84 Å². The van der Waals surface area contributed by atoms with Crippen LogP contribution in [-0.4, -0.2) is 38.5 Å². The molecule has 1 unspecified atom stereocenters. The van der Waals surface area contributed by atoms with Crippen LogP contribution < -0.4 is 26.3 Å². The fraction of sp³-hybridized carbons (Fsp3) is 0.250. The molecule has 0 saturated carbocycles. The van der Waals surface area contributed by atoms with Gasteiger partial charge in [-0.25, -0.2) is 0 Å². The topological polar surface area (TPSA) is 150 Å². The number of methoxy groups -OCH3 is 2. The van der Waals surface area contributed by atoms with Crippen molar-refractivity contribution in [2.24, 2.45) is 11.5 Å². The van der Waals surface area contributed by atoms with E-state index in [4.69, 9.17) is 31.1 Å². The monoisotopic (exact) mass is 400 g/mol. The molecule has 2 amide bonds. The van der Waals surface area contributed by atoms with Gasteiger partial charge in [0.05, 0.1) is 7.11 Å². The smallest absolute Gasteiger partial charge is 0.255 e. The summed E-state index contributed by atoms with van der Waals surface area (Å²) in [4.78, 5) is 23.6. The van der Waals surface area contributed by atoms with Crippen molar-refractivity contribution in [2.45, 2.75) is 12.6 Å². The van der Waals surface area contributed by atoms with Crippen LogP contribution in [0.3, 0.4) is 0 Å². The molecule has 0 aliphatic rings.